The van der Waals surface area contributed by atoms with Crippen LogP contribution in [0, 0.1) is 6.92 Å². The maximum Gasteiger partial charge on any atom is 0.326 e. The van der Waals surface area contributed by atoms with E-state index in [-0.39, 0.29) is 5.91 Å². The number of rotatable bonds is 2. The lowest BCUT2D eigenvalue weighted by Gasteiger charge is -2.32. The Balaban J connectivity index is 2.26. The van der Waals surface area contributed by atoms with Crippen LogP contribution in [0.15, 0.2) is 6.20 Å². The first-order valence-corrected chi connectivity index (χ1v) is 6.04. The second kappa shape index (κ2) is 4.80. The predicted molar refractivity (Wildman–Crippen MR) is 64.3 cm³/mol. The number of carbonyl (C=O) groups excluding carboxylic acids is 1. The molecule has 1 saturated heterocycles. The van der Waals surface area contributed by atoms with Crippen LogP contribution in [0.25, 0.3) is 0 Å². The molecule has 1 aromatic heterocycles. The van der Waals surface area contributed by atoms with E-state index in [0.29, 0.717) is 18.5 Å². The summed E-state index contributed by atoms with van der Waals surface area (Å²) in [4.78, 5) is 25.0. The average molecular weight is 251 g/mol. The second-order valence-corrected chi connectivity index (χ2v) is 4.62. The Morgan fingerprint density at radius 1 is 1.44 bits per heavy atom. The van der Waals surface area contributed by atoms with Crippen LogP contribution >= 0.6 is 0 Å². The van der Waals surface area contributed by atoms with Gasteiger partial charge in [0.15, 0.2) is 0 Å². The largest absolute Gasteiger partial charge is 0.480 e. The molecule has 0 radical (unpaired) electrons. The molecule has 1 aromatic rings. The van der Waals surface area contributed by atoms with Gasteiger partial charge in [-0.15, -0.1) is 0 Å². The zero-order valence-corrected chi connectivity index (χ0v) is 10.6. The average Bonchev–Trinajstić information content (AvgIpc) is 2.69. The lowest BCUT2D eigenvalue weighted by atomic mass is 10.0. The topological polar surface area (TPSA) is 75.4 Å². The molecule has 1 aliphatic rings. The summed E-state index contributed by atoms with van der Waals surface area (Å²) in [6, 6.07) is -0.703. The first kappa shape index (κ1) is 12.6. The Bertz CT molecular complexity index is 481. The number of nitrogens with zero attached hydrogens (tertiary/aromatic N) is 3. The van der Waals surface area contributed by atoms with Gasteiger partial charge in [0.05, 0.1) is 11.8 Å². The molecule has 1 unspecified atom stereocenters. The molecule has 0 aliphatic carbocycles. The van der Waals surface area contributed by atoms with Crippen LogP contribution < -0.4 is 0 Å². The van der Waals surface area contributed by atoms with E-state index in [1.165, 1.54) is 11.1 Å². The normalized spacial score (nSPS) is 19.9. The van der Waals surface area contributed by atoms with Crippen LogP contribution in [0.5, 0.6) is 0 Å². The third-order valence-electron chi connectivity index (χ3n) is 3.51. The van der Waals surface area contributed by atoms with E-state index in [1.54, 1.807) is 18.7 Å². The molecule has 18 heavy (non-hydrogen) atoms. The van der Waals surface area contributed by atoms with Crippen molar-refractivity contribution in [2.24, 2.45) is 7.05 Å². The van der Waals surface area contributed by atoms with Crippen molar-refractivity contribution in [2.75, 3.05) is 6.54 Å². The van der Waals surface area contributed by atoms with Crippen LogP contribution in [-0.2, 0) is 11.8 Å². The number of aryl methyl sites for hydroxylation is 1. The Morgan fingerprint density at radius 3 is 2.72 bits per heavy atom. The number of aliphatic carboxylic acids is 1. The van der Waals surface area contributed by atoms with Gasteiger partial charge in [0.1, 0.15) is 6.04 Å². The fourth-order valence-corrected chi connectivity index (χ4v) is 2.29. The molecular weight excluding hydrogens is 234 g/mol. The van der Waals surface area contributed by atoms with Crippen molar-refractivity contribution >= 4 is 11.9 Å². The van der Waals surface area contributed by atoms with Gasteiger partial charge in [0, 0.05) is 19.3 Å². The summed E-state index contributed by atoms with van der Waals surface area (Å²) < 4.78 is 1.62. The van der Waals surface area contributed by atoms with E-state index in [1.807, 2.05) is 0 Å². The molecule has 6 heteroatoms. The van der Waals surface area contributed by atoms with Crippen LogP contribution in [0.2, 0.25) is 0 Å². The SMILES string of the molecule is Cc1c(C(=O)N2CCCCC2C(=O)O)cnn1C. The van der Waals surface area contributed by atoms with E-state index in [2.05, 4.69) is 5.10 Å². The lowest BCUT2D eigenvalue weighted by molar-refractivity contribution is -0.143. The van der Waals surface area contributed by atoms with E-state index >= 15 is 0 Å². The smallest absolute Gasteiger partial charge is 0.326 e. The van der Waals surface area contributed by atoms with Crippen LogP contribution in [0.3, 0.4) is 0 Å². The van der Waals surface area contributed by atoms with Gasteiger partial charge >= 0.3 is 5.97 Å². The van der Waals surface area contributed by atoms with Gasteiger partial charge < -0.3 is 10.0 Å². The summed E-state index contributed by atoms with van der Waals surface area (Å²) in [5.41, 5.74) is 1.25. The Kier molecular flexibility index (Phi) is 3.36. The Labute approximate surface area is 105 Å². The molecule has 1 aliphatic heterocycles. The number of carboxylic acids is 1. The summed E-state index contributed by atoms with van der Waals surface area (Å²) in [5, 5.41) is 13.2. The second-order valence-electron chi connectivity index (χ2n) is 4.62. The van der Waals surface area contributed by atoms with Crippen molar-refractivity contribution in [3.05, 3.63) is 17.5 Å². The minimum Gasteiger partial charge on any atom is -0.480 e. The van der Waals surface area contributed by atoms with Gasteiger partial charge in [0.2, 0.25) is 0 Å². The third kappa shape index (κ3) is 2.10. The number of carboxylic acid groups (broad SMARTS) is 1. The molecule has 2 heterocycles. The van der Waals surface area contributed by atoms with E-state index in [9.17, 15) is 9.59 Å². The highest BCUT2D eigenvalue weighted by Gasteiger charge is 2.33. The fourth-order valence-electron chi connectivity index (χ4n) is 2.29. The lowest BCUT2D eigenvalue weighted by Crippen LogP contribution is -2.48. The van der Waals surface area contributed by atoms with Crippen molar-refractivity contribution in [1.82, 2.24) is 14.7 Å². The van der Waals surface area contributed by atoms with Gasteiger partial charge in [-0.3, -0.25) is 9.48 Å². The quantitative estimate of drug-likeness (QED) is 0.844. The highest BCUT2D eigenvalue weighted by atomic mass is 16.4. The first-order valence-electron chi connectivity index (χ1n) is 6.04. The van der Waals surface area contributed by atoms with Gasteiger partial charge in [-0.1, -0.05) is 0 Å². The highest BCUT2D eigenvalue weighted by molar-refractivity contribution is 5.97. The predicted octanol–water partition coefficient (Wildman–Crippen LogP) is 0.808. The number of hydrogen-bond acceptors (Lipinski definition) is 3. The number of amides is 1. The van der Waals surface area contributed by atoms with Gasteiger partial charge in [0.25, 0.3) is 5.91 Å². The first-order chi connectivity index (χ1) is 8.52. The third-order valence-corrected chi connectivity index (χ3v) is 3.51. The van der Waals surface area contributed by atoms with E-state index < -0.39 is 12.0 Å². The minimum atomic E-state index is -0.926. The van der Waals surface area contributed by atoms with Crippen molar-refractivity contribution in [2.45, 2.75) is 32.2 Å². The monoisotopic (exact) mass is 251 g/mol. The molecule has 0 spiro atoms. The molecule has 6 nitrogen and oxygen atoms in total. The summed E-state index contributed by atoms with van der Waals surface area (Å²) in [7, 11) is 1.76. The molecule has 2 rings (SSSR count). The molecule has 0 saturated carbocycles. The molecule has 0 bridgehead atoms. The fraction of sp³-hybridized carbons (Fsp3) is 0.583. The number of likely N-dealkylation sites (tertiary alicyclic amines) is 1. The van der Waals surface area contributed by atoms with Gasteiger partial charge in [-0.2, -0.15) is 5.10 Å². The summed E-state index contributed by atoms with van der Waals surface area (Å²) in [5.74, 6) is -1.16. The van der Waals surface area contributed by atoms with Crippen LogP contribution in [-0.4, -0.2) is 44.3 Å². The van der Waals surface area contributed by atoms with Gasteiger partial charge in [-0.25, -0.2) is 4.79 Å². The summed E-state index contributed by atoms with van der Waals surface area (Å²) >= 11 is 0. The van der Waals surface area contributed by atoms with Crippen molar-refractivity contribution in [3.8, 4) is 0 Å². The zero-order chi connectivity index (χ0) is 13.3. The number of carbonyl (C=O) groups is 2. The molecular formula is C12H17N3O3. The van der Waals surface area contributed by atoms with Gasteiger partial charge in [-0.05, 0) is 26.2 Å². The number of hydrogen-bond donors (Lipinski definition) is 1. The molecule has 98 valence electrons. The standard InChI is InChI=1S/C12H17N3O3/c1-8-9(7-13-14(8)2)11(16)15-6-4-3-5-10(15)12(17)18/h7,10H,3-6H2,1-2H3,(H,17,18). The molecule has 1 N–H and O–H groups in total. The Hall–Kier alpha value is -1.85. The number of piperidine rings is 1. The minimum absolute atomic E-state index is 0.229. The van der Waals surface area contributed by atoms with Crippen molar-refractivity contribution < 1.29 is 14.7 Å². The molecule has 0 aromatic carbocycles. The van der Waals surface area contributed by atoms with Crippen LogP contribution in [0.1, 0.15) is 35.3 Å². The Morgan fingerprint density at radius 2 is 2.17 bits per heavy atom. The molecule has 1 fully saturated rings. The van der Waals surface area contributed by atoms with E-state index in [0.717, 1.165) is 18.5 Å². The van der Waals surface area contributed by atoms with Crippen LogP contribution in [0.4, 0.5) is 0 Å². The zero-order valence-electron chi connectivity index (χ0n) is 10.6. The molecule has 1 atom stereocenters. The summed E-state index contributed by atoms with van der Waals surface area (Å²) in [6.45, 7) is 2.31. The van der Waals surface area contributed by atoms with E-state index in [4.69, 9.17) is 5.11 Å². The highest BCUT2D eigenvalue weighted by Crippen LogP contribution is 2.21. The maximum absolute atomic E-state index is 12.4. The number of aromatic nitrogens is 2. The molecule has 1 amide bonds. The summed E-state index contributed by atoms with van der Waals surface area (Å²) in [6.07, 6.45) is 3.74. The van der Waals surface area contributed by atoms with Crippen molar-refractivity contribution in [1.29, 1.82) is 0 Å². The van der Waals surface area contributed by atoms with Crippen molar-refractivity contribution in [3.63, 3.8) is 0 Å². The maximum atomic E-state index is 12.4.